The Labute approximate surface area is 158 Å². The van der Waals surface area contributed by atoms with Gasteiger partial charge in [-0.3, -0.25) is 4.98 Å². The molecule has 0 unspecified atom stereocenters. The van der Waals surface area contributed by atoms with Gasteiger partial charge in [0, 0.05) is 30.6 Å². The Morgan fingerprint density at radius 1 is 1.21 bits per heavy atom. The van der Waals surface area contributed by atoms with Crippen molar-refractivity contribution >= 4 is 35.6 Å². The minimum absolute atomic E-state index is 0. The molecule has 0 amide bonds. The topological polar surface area (TPSA) is 81.8 Å². The summed E-state index contributed by atoms with van der Waals surface area (Å²) in [4.78, 5) is 8.47. The van der Waals surface area contributed by atoms with Gasteiger partial charge in [-0.05, 0) is 30.2 Å². The molecule has 1 aliphatic heterocycles. The number of benzene rings is 1. The van der Waals surface area contributed by atoms with Gasteiger partial charge in [-0.1, -0.05) is 6.07 Å². The summed E-state index contributed by atoms with van der Waals surface area (Å²) >= 11 is 0. The number of guanidine groups is 1. The first-order valence-electron chi connectivity index (χ1n) is 7.58. The zero-order chi connectivity index (χ0) is 16.1. The van der Waals surface area contributed by atoms with Gasteiger partial charge in [-0.2, -0.15) is 0 Å². The number of nitrogens with one attached hydrogen (secondary N) is 1. The second-order valence-corrected chi connectivity index (χ2v) is 5.41. The normalized spacial score (nSPS) is 13.6. The van der Waals surface area contributed by atoms with Crippen molar-refractivity contribution in [3.8, 4) is 11.5 Å². The number of anilines is 1. The number of nitrogens with two attached hydrogens (primary N) is 1. The Morgan fingerprint density at radius 2 is 2.00 bits per heavy atom. The number of hydrogen-bond acceptors (Lipinski definition) is 4. The third kappa shape index (κ3) is 4.98. The minimum Gasteiger partial charge on any atom is -0.490 e. The number of ether oxygens (including phenoxy) is 2. The maximum atomic E-state index is 5.94. The number of aromatic nitrogens is 1. The Kier molecular flexibility index (Phi) is 6.65. The van der Waals surface area contributed by atoms with E-state index < -0.39 is 0 Å². The van der Waals surface area contributed by atoms with Crippen LogP contribution in [0.4, 0.5) is 5.69 Å². The highest BCUT2D eigenvalue weighted by molar-refractivity contribution is 14.0. The molecule has 2 aromatic rings. The van der Waals surface area contributed by atoms with Gasteiger partial charge in [0.2, 0.25) is 0 Å². The Balaban J connectivity index is 0.00000208. The van der Waals surface area contributed by atoms with Gasteiger partial charge in [-0.25, -0.2) is 4.99 Å². The van der Waals surface area contributed by atoms with Crippen LogP contribution in [0.5, 0.6) is 11.5 Å². The third-order valence-corrected chi connectivity index (χ3v) is 3.38. The predicted octanol–water partition coefficient (Wildman–Crippen LogP) is 3.10. The van der Waals surface area contributed by atoms with Crippen LogP contribution < -0.4 is 20.5 Å². The third-order valence-electron chi connectivity index (χ3n) is 3.38. The predicted molar refractivity (Wildman–Crippen MR) is 105 cm³/mol. The molecule has 0 saturated carbocycles. The number of fused-ring (bicyclic) bond motifs is 1. The van der Waals surface area contributed by atoms with Gasteiger partial charge < -0.3 is 20.5 Å². The van der Waals surface area contributed by atoms with E-state index in [4.69, 9.17) is 15.2 Å². The smallest absolute Gasteiger partial charge is 0.193 e. The molecule has 0 atom stereocenters. The fourth-order valence-electron chi connectivity index (χ4n) is 2.31. The fraction of sp³-hybridized carbons (Fsp3) is 0.294. The molecule has 0 bridgehead atoms. The molecule has 1 aliphatic rings. The summed E-state index contributed by atoms with van der Waals surface area (Å²) < 4.78 is 11.3. The van der Waals surface area contributed by atoms with Crippen LogP contribution in [0.25, 0.3) is 0 Å². The lowest BCUT2D eigenvalue weighted by Gasteiger charge is -2.10. The Morgan fingerprint density at radius 3 is 2.79 bits per heavy atom. The average Bonchev–Trinajstić information content (AvgIpc) is 2.78. The maximum absolute atomic E-state index is 5.94. The fourth-order valence-corrected chi connectivity index (χ4v) is 2.31. The molecule has 0 fully saturated rings. The highest BCUT2D eigenvalue weighted by atomic mass is 127. The SMILES string of the molecule is Cc1cncc(CN=C(N)Nc2ccc3c(c2)OCCCO3)c1.I. The van der Waals surface area contributed by atoms with Crippen LogP contribution in [0.3, 0.4) is 0 Å². The van der Waals surface area contributed by atoms with Crippen molar-refractivity contribution in [1.82, 2.24) is 4.98 Å². The van der Waals surface area contributed by atoms with Crippen molar-refractivity contribution in [3.63, 3.8) is 0 Å². The summed E-state index contributed by atoms with van der Waals surface area (Å²) in [7, 11) is 0. The lowest BCUT2D eigenvalue weighted by atomic mass is 10.2. The number of halogens is 1. The van der Waals surface area contributed by atoms with E-state index in [1.807, 2.05) is 37.4 Å². The van der Waals surface area contributed by atoms with Crippen molar-refractivity contribution < 1.29 is 9.47 Å². The van der Waals surface area contributed by atoms with Gasteiger partial charge in [-0.15, -0.1) is 24.0 Å². The number of rotatable bonds is 3. The summed E-state index contributed by atoms with van der Waals surface area (Å²) in [5.74, 6) is 1.83. The van der Waals surface area contributed by atoms with Gasteiger partial charge in [0.25, 0.3) is 0 Å². The molecule has 24 heavy (non-hydrogen) atoms. The molecule has 0 radical (unpaired) electrons. The van der Waals surface area contributed by atoms with E-state index in [0.29, 0.717) is 25.7 Å². The number of nitrogens with zero attached hydrogens (tertiary/aromatic N) is 2. The molecular formula is C17H21IN4O2. The Hall–Kier alpha value is -2.03. The zero-order valence-electron chi connectivity index (χ0n) is 13.5. The first-order valence-corrected chi connectivity index (χ1v) is 7.58. The number of hydrogen-bond donors (Lipinski definition) is 2. The second-order valence-electron chi connectivity index (χ2n) is 5.41. The molecule has 3 rings (SSSR count). The minimum atomic E-state index is 0. The Bertz CT molecular complexity index is 721. The van der Waals surface area contributed by atoms with Crippen LogP contribution in [0.1, 0.15) is 17.5 Å². The molecule has 6 nitrogen and oxygen atoms in total. The van der Waals surface area contributed by atoms with Gasteiger partial charge >= 0.3 is 0 Å². The number of aliphatic imine (C=N–C) groups is 1. The van der Waals surface area contributed by atoms with Gasteiger partial charge in [0.05, 0.1) is 19.8 Å². The van der Waals surface area contributed by atoms with E-state index >= 15 is 0 Å². The molecule has 7 heteroatoms. The van der Waals surface area contributed by atoms with E-state index in [1.54, 1.807) is 6.20 Å². The van der Waals surface area contributed by atoms with Crippen LogP contribution in [0, 0.1) is 6.92 Å². The van der Waals surface area contributed by atoms with E-state index in [0.717, 1.165) is 34.7 Å². The lowest BCUT2D eigenvalue weighted by molar-refractivity contribution is 0.297. The summed E-state index contributed by atoms with van der Waals surface area (Å²) in [6.07, 6.45) is 4.48. The van der Waals surface area contributed by atoms with E-state index in [-0.39, 0.29) is 24.0 Å². The van der Waals surface area contributed by atoms with E-state index in [9.17, 15) is 0 Å². The molecule has 1 aromatic carbocycles. The van der Waals surface area contributed by atoms with Crippen molar-refractivity contribution in [2.45, 2.75) is 19.9 Å². The largest absolute Gasteiger partial charge is 0.490 e. The lowest BCUT2D eigenvalue weighted by Crippen LogP contribution is -2.22. The standard InChI is InChI=1S/C17H20N4O2.HI/c1-12-7-13(10-19-9-12)11-20-17(18)21-14-3-4-15-16(8-14)23-6-2-5-22-15;/h3-4,7-10H,2,5-6,11H2,1H3,(H3,18,20,21);1H. The molecule has 2 heterocycles. The number of aryl methyl sites for hydroxylation is 1. The van der Waals surface area contributed by atoms with Gasteiger partial charge in [0.1, 0.15) is 0 Å². The molecule has 0 aliphatic carbocycles. The summed E-state index contributed by atoms with van der Waals surface area (Å²) in [5.41, 5.74) is 8.89. The number of pyridine rings is 1. The van der Waals surface area contributed by atoms with Crippen LogP contribution in [0.15, 0.2) is 41.7 Å². The monoisotopic (exact) mass is 440 g/mol. The molecule has 0 spiro atoms. The van der Waals surface area contributed by atoms with Crippen LogP contribution in [0.2, 0.25) is 0 Å². The maximum Gasteiger partial charge on any atom is 0.193 e. The quantitative estimate of drug-likeness (QED) is 0.436. The van der Waals surface area contributed by atoms with Crippen LogP contribution in [-0.4, -0.2) is 24.2 Å². The molecule has 1 aromatic heterocycles. The molecule has 128 valence electrons. The first kappa shape index (κ1) is 18.3. The van der Waals surface area contributed by atoms with Crippen molar-refractivity contribution in [2.75, 3.05) is 18.5 Å². The molecule has 3 N–H and O–H groups in total. The van der Waals surface area contributed by atoms with E-state index in [1.165, 1.54) is 0 Å². The highest BCUT2D eigenvalue weighted by Gasteiger charge is 2.10. The van der Waals surface area contributed by atoms with Crippen molar-refractivity contribution in [3.05, 3.63) is 47.8 Å². The van der Waals surface area contributed by atoms with Crippen LogP contribution >= 0.6 is 24.0 Å². The summed E-state index contributed by atoms with van der Waals surface area (Å²) in [5, 5.41) is 3.07. The zero-order valence-corrected chi connectivity index (χ0v) is 15.8. The molecular weight excluding hydrogens is 419 g/mol. The summed E-state index contributed by atoms with van der Waals surface area (Å²) in [6.45, 7) is 3.81. The van der Waals surface area contributed by atoms with Crippen LogP contribution in [-0.2, 0) is 6.54 Å². The molecule has 0 saturated heterocycles. The highest BCUT2D eigenvalue weighted by Crippen LogP contribution is 2.32. The van der Waals surface area contributed by atoms with Crippen molar-refractivity contribution in [1.29, 1.82) is 0 Å². The van der Waals surface area contributed by atoms with Crippen molar-refractivity contribution in [2.24, 2.45) is 10.7 Å². The summed E-state index contributed by atoms with van der Waals surface area (Å²) in [6, 6.07) is 7.68. The average molecular weight is 440 g/mol. The first-order chi connectivity index (χ1) is 11.2. The van der Waals surface area contributed by atoms with E-state index in [2.05, 4.69) is 15.3 Å². The van der Waals surface area contributed by atoms with Gasteiger partial charge in [0.15, 0.2) is 17.5 Å². The second kappa shape index (κ2) is 8.72.